The van der Waals surface area contributed by atoms with Gasteiger partial charge in [-0.2, -0.15) is 0 Å². The third-order valence-corrected chi connectivity index (χ3v) is 7.77. The molecule has 2 heterocycles. The predicted molar refractivity (Wildman–Crippen MR) is 151 cm³/mol. The molecule has 4 amide bonds. The Labute approximate surface area is 246 Å². The first-order chi connectivity index (χ1) is 20.7. The summed E-state index contributed by atoms with van der Waals surface area (Å²) < 4.78 is 41.8. The van der Waals surface area contributed by atoms with E-state index in [1.807, 2.05) is 6.07 Å². The average molecular weight is 593 g/mol. The summed E-state index contributed by atoms with van der Waals surface area (Å²) in [7, 11) is 0. The number of nitrogens with zero attached hydrogens (tertiary/aromatic N) is 1. The summed E-state index contributed by atoms with van der Waals surface area (Å²) >= 11 is 0. The van der Waals surface area contributed by atoms with Gasteiger partial charge in [0.2, 0.25) is 23.6 Å². The Hall–Kier alpha value is -4.67. The minimum atomic E-state index is -1.66. The molecule has 0 bridgehead atoms. The van der Waals surface area contributed by atoms with E-state index in [0.29, 0.717) is 19.4 Å². The van der Waals surface area contributed by atoms with E-state index in [1.165, 1.54) is 4.90 Å². The number of carbonyl (C=O) groups is 4. The lowest BCUT2D eigenvalue weighted by molar-refractivity contribution is -0.143. The third-order valence-electron chi connectivity index (χ3n) is 7.77. The lowest BCUT2D eigenvalue weighted by Gasteiger charge is -2.32. The minimum absolute atomic E-state index is 0.0851. The average Bonchev–Trinajstić information content (AvgIpc) is 3.49. The van der Waals surface area contributed by atoms with E-state index in [2.05, 4.69) is 16.0 Å². The summed E-state index contributed by atoms with van der Waals surface area (Å²) in [6, 6.07) is 14.9. The first-order valence-electron chi connectivity index (χ1n) is 14.1. The minimum Gasteiger partial charge on any atom is -0.342 e. The lowest BCUT2D eigenvalue weighted by Crippen LogP contribution is -2.62. The highest BCUT2D eigenvalue weighted by Crippen LogP contribution is 2.21. The molecule has 224 valence electrons. The van der Waals surface area contributed by atoms with Gasteiger partial charge in [0.05, 0.1) is 0 Å². The van der Waals surface area contributed by atoms with Gasteiger partial charge in [0.15, 0.2) is 17.5 Å². The maximum Gasteiger partial charge on any atom is 0.246 e. The zero-order valence-electron chi connectivity index (χ0n) is 23.2. The van der Waals surface area contributed by atoms with Gasteiger partial charge in [-0.3, -0.25) is 19.2 Å². The van der Waals surface area contributed by atoms with Crippen molar-refractivity contribution >= 4 is 23.6 Å². The molecule has 3 aromatic rings. The van der Waals surface area contributed by atoms with E-state index in [9.17, 15) is 32.3 Å². The van der Waals surface area contributed by atoms with Crippen molar-refractivity contribution in [3.05, 3.63) is 107 Å². The fourth-order valence-corrected chi connectivity index (χ4v) is 5.60. The van der Waals surface area contributed by atoms with Gasteiger partial charge in [0.1, 0.15) is 24.2 Å². The number of hydrogen-bond acceptors (Lipinski definition) is 4. The Kier molecular flexibility index (Phi) is 9.08. The predicted octanol–water partition coefficient (Wildman–Crippen LogP) is 2.59. The maximum atomic E-state index is 14.1. The molecule has 0 saturated carbocycles. The quantitative estimate of drug-likeness (QED) is 0.383. The van der Waals surface area contributed by atoms with E-state index < -0.39 is 71.7 Å². The van der Waals surface area contributed by atoms with Gasteiger partial charge >= 0.3 is 0 Å². The van der Waals surface area contributed by atoms with Crippen LogP contribution in [0, 0.1) is 17.5 Å². The number of halogens is 3. The smallest absolute Gasteiger partial charge is 0.246 e. The zero-order valence-corrected chi connectivity index (χ0v) is 23.2. The van der Waals surface area contributed by atoms with Crippen LogP contribution in [0.2, 0.25) is 0 Å². The molecule has 0 radical (unpaired) electrons. The Morgan fingerprint density at radius 2 is 1.09 bits per heavy atom. The van der Waals surface area contributed by atoms with Crippen molar-refractivity contribution < 1.29 is 32.3 Å². The number of nitrogens with one attached hydrogen (secondary N) is 3. The molecular formula is C32H31F3N4O4. The number of fused-ring (bicyclic) bond motifs is 1. The van der Waals surface area contributed by atoms with Crippen LogP contribution in [-0.4, -0.2) is 59.2 Å². The van der Waals surface area contributed by atoms with Gasteiger partial charge in [0.25, 0.3) is 0 Å². The Morgan fingerprint density at radius 1 is 0.628 bits per heavy atom. The molecule has 43 heavy (non-hydrogen) atoms. The molecule has 0 spiro atoms. The summed E-state index contributed by atoms with van der Waals surface area (Å²) in [5.74, 6) is -6.96. The van der Waals surface area contributed by atoms with E-state index in [-0.39, 0.29) is 18.4 Å². The van der Waals surface area contributed by atoms with Crippen molar-refractivity contribution in [2.45, 2.75) is 56.3 Å². The highest BCUT2D eigenvalue weighted by molar-refractivity contribution is 5.98. The van der Waals surface area contributed by atoms with Crippen molar-refractivity contribution in [2.75, 3.05) is 6.54 Å². The zero-order chi connectivity index (χ0) is 30.5. The van der Waals surface area contributed by atoms with Gasteiger partial charge in [-0.05, 0) is 41.7 Å². The van der Waals surface area contributed by atoms with Crippen LogP contribution >= 0.6 is 0 Å². The van der Waals surface area contributed by atoms with Gasteiger partial charge in [-0.15, -0.1) is 0 Å². The molecule has 0 unspecified atom stereocenters. The van der Waals surface area contributed by atoms with E-state index in [0.717, 1.165) is 23.3 Å². The molecule has 3 aromatic carbocycles. The van der Waals surface area contributed by atoms with Crippen LogP contribution in [0.3, 0.4) is 0 Å². The molecule has 3 N–H and O–H groups in total. The van der Waals surface area contributed by atoms with Gasteiger partial charge in [-0.1, -0.05) is 60.7 Å². The fourth-order valence-electron chi connectivity index (χ4n) is 5.60. The van der Waals surface area contributed by atoms with Crippen LogP contribution in [0.5, 0.6) is 0 Å². The Balaban J connectivity index is 1.51. The largest absolute Gasteiger partial charge is 0.342 e. The molecule has 2 fully saturated rings. The number of rotatable bonds is 6. The first kappa shape index (κ1) is 29.8. The topological polar surface area (TPSA) is 108 Å². The number of amides is 4. The van der Waals surface area contributed by atoms with Crippen molar-refractivity contribution in [1.82, 2.24) is 20.9 Å². The second kappa shape index (κ2) is 13.1. The van der Waals surface area contributed by atoms with Crippen LogP contribution < -0.4 is 16.0 Å². The summed E-state index contributed by atoms with van der Waals surface area (Å²) in [4.78, 5) is 56.2. The van der Waals surface area contributed by atoms with Crippen molar-refractivity contribution in [3.63, 3.8) is 0 Å². The van der Waals surface area contributed by atoms with E-state index >= 15 is 0 Å². The standard InChI is InChI=1S/C32H31F3N4O4/c33-22-14-21(15-23(34)28(22)35)18-25-30(41)38-26(17-20-10-5-2-6-11-20)32(43)39-13-7-12-27(39)31(42)37-24(29(40)36-25)16-19-8-3-1-4-9-19/h1-6,8-11,14-15,24-27H,7,12-13,16-18H2,(H,36,40)(H,37,42)(H,38,41)/t24-,25+,26-,27+/m0/s1. The van der Waals surface area contributed by atoms with Gasteiger partial charge in [-0.25, -0.2) is 13.2 Å². The number of benzene rings is 3. The summed E-state index contributed by atoms with van der Waals surface area (Å²) in [6.07, 6.45) is 0.747. The molecule has 5 rings (SSSR count). The van der Waals surface area contributed by atoms with Crippen molar-refractivity contribution in [2.24, 2.45) is 0 Å². The van der Waals surface area contributed by atoms with Crippen LogP contribution in [0.4, 0.5) is 13.2 Å². The van der Waals surface area contributed by atoms with Gasteiger partial charge < -0.3 is 20.9 Å². The normalized spacial score (nSPS) is 23.0. The molecule has 2 aliphatic heterocycles. The Morgan fingerprint density at radius 3 is 1.65 bits per heavy atom. The summed E-state index contributed by atoms with van der Waals surface area (Å²) in [6.45, 7) is 0.297. The van der Waals surface area contributed by atoms with Crippen molar-refractivity contribution in [3.8, 4) is 0 Å². The second-order valence-corrected chi connectivity index (χ2v) is 10.8. The Bertz CT molecular complexity index is 1480. The highest BCUT2D eigenvalue weighted by atomic mass is 19.2. The van der Waals surface area contributed by atoms with E-state index in [4.69, 9.17) is 0 Å². The molecule has 2 aliphatic rings. The van der Waals surface area contributed by atoms with Crippen LogP contribution in [0.15, 0.2) is 72.8 Å². The molecule has 0 aromatic heterocycles. The monoisotopic (exact) mass is 592 g/mol. The van der Waals surface area contributed by atoms with Gasteiger partial charge in [0, 0.05) is 25.8 Å². The molecule has 8 nitrogen and oxygen atoms in total. The van der Waals surface area contributed by atoms with E-state index in [1.54, 1.807) is 54.6 Å². The van der Waals surface area contributed by atoms with Crippen LogP contribution in [-0.2, 0) is 38.4 Å². The fraction of sp³-hybridized carbons (Fsp3) is 0.312. The molecule has 0 aliphatic carbocycles. The van der Waals surface area contributed by atoms with Crippen LogP contribution in [0.1, 0.15) is 29.5 Å². The third kappa shape index (κ3) is 7.04. The molecule has 2 saturated heterocycles. The first-order valence-corrected chi connectivity index (χ1v) is 14.1. The molecular weight excluding hydrogens is 561 g/mol. The maximum absolute atomic E-state index is 14.1. The summed E-state index contributed by atoms with van der Waals surface area (Å²) in [5, 5.41) is 8.09. The highest BCUT2D eigenvalue weighted by Gasteiger charge is 2.40. The lowest BCUT2D eigenvalue weighted by atomic mass is 9.99. The van der Waals surface area contributed by atoms with Crippen molar-refractivity contribution in [1.29, 1.82) is 0 Å². The number of carbonyl (C=O) groups excluding carboxylic acids is 4. The molecule has 4 atom stereocenters. The number of hydrogen-bond donors (Lipinski definition) is 3. The summed E-state index contributed by atoms with van der Waals surface area (Å²) in [5.41, 5.74) is 1.40. The SMILES string of the molecule is O=C1N[C@H](Cc2cc(F)c(F)c(F)c2)C(=O)N[C@@H](Cc2ccccc2)C(=O)N2CCC[C@@H]2C(=O)N[C@H]1Cc1ccccc1. The second-order valence-electron chi connectivity index (χ2n) is 10.8. The van der Waals surface area contributed by atoms with Crippen LogP contribution in [0.25, 0.3) is 0 Å². The molecule has 11 heteroatoms.